The molecule has 2 N–H and O–H groups in total. The molecule has 10 nitrogen and oxygen atoms in total. The average molecular weight is 460 g/mol. The molecule has 0 bridgehead atoms. The molecule has 3 amide bonds. The molecule has 0 saturated carbocycles. The predicted octanol–water partition coefficient (Wildman–Crippen LogP) is 1.75. The van der Waals surface area contributed by atoms with Crippen LogP contribution in [0.3, 0.4) is 0 Å². The maximum Gasteiger partial charge on any atom is 0.336 e. The van der Waals surface area contributed by atoms with Crippen molar-refractivity contribution in [1.29, 1.82) is 10.5 Å². The Morgan fingerprint density at radius 2 is 2.16 bits per heavy atom. The monoisotopic (exact) mass is 460 g/mol. The smallest absolute Gasteiger partial charge is 0.336 e. The number of benzene rings is 1. The van der Waals surface area contributed by atoms with Crippen LogP contribution in [0.1, 0.15) is 32.8 Å². The second-order valence-corrected chi connectivity index (χ2v) is 9.82. The molecular weight excluding hydrogens is 439 g/mol. The van der Waals surface area contributed by atoms with Crippen molar-refractivity contribution in [3.63, 3.8) is 0 Å². The quantitative estimate of drug-likeness (QED) is 0.697. The van der Waals surface area contributed by atoms with Crippen LogP contribution in [0, 0.1) is 40.3 Å². The van der Waals surface area contributed by atoms with Crippen molar-refractivity contribution in [1.82, 2.24) is 9.62 Å². The molecule has 1 aromatic carbocycles. The summed E-state index contributed by atoms with van der Waals surface area (Å²) in [5, 5.41) is 23.2. The standard InChI is InChI=1S/C20H21FN6O4S/c1-11-6-13(7-22)9-24-20(11,3)12(2)25-17(28)10-27-19(29)26-16-5-4-15(21)14(8-23)18(16)32(27,30)31/h4-5,9,11-13H,6,10H2,1-3H3,(H,25,28)(H,26,29)/t11?,12-,13?,20?/m0/s1. The molecule has 0 fully saturated rings. The minimum absolute atomic E-state index is 0.0532. The van der Waals surface area contributed by atoms with Gasteiger partial charge in [0.1, 0.15) is 28.9 Å². The number of hydrogen-bond donors (Lipinski definition) is 2. The number of fused-ring (bicyclic) bond motifs is 1. The van der Waals surface area contributed by atoms with Crippen molar-refractivity contribution in [3.8, 4) is 12.1 Å². The molecule has 0 radical (unpaired) electrons. The Bertz CT molecular complexity index is 1200. The number of amides is 3. The van der Waals surface area contributed by atoms with E-state index in [2.05, 4.69) is 21.7 Å². The average Bonchev–Trinajstić information content (AvgIpc) is 2.73. The number of carbonyl (C=O) groups excluding carboxylic acids is 2. The van der Waals surface area contributed by atoms with Gasteiger partial charge in [-0.05, 0) is 38.3 Å². The van der Waals surface area contributed by atoms with Gasteiger partial charge in [-0.3, -0.25) is 9.79 Å². The van der Waals surface area contributed by atoms with Gasteiger partial charge in [0.2, 0.25) is 5.91 Å². The Kier molecular flexibility index (Phi) is 5.94. The van der Waals surface area contributed by atoms with E-state index in [4.69, 9.17) is 5.26 Å². The number of hydrogen-bond acceptors (Lipinski definition) is 7. The lowest BCUT2D eigenvalue weighted by Crippen LogP contribution is -2.56. The molecule has 12 heteroatoms. The molecule has 3 rings (SSSR count). The highest BCUT2D eigenvalue weighted by Crippen LogP contribution is 2.35. The Morgan fingerprint density at radius 3 is 2.75 bits per heavy atom. The highest BCUT2D eigenvalue weighted by Gasteiger charge is 2.43. The molecule has 2 aliphatic heterocycles. The number of nitrogens with zero attached hydrogens (tertiary/aromatic N) is 4. The maximum atomic E-state index is 14.0. The molecular formula is C20H21FN6O4S. The Labute approximate surface area is 184 Å². The molecule has 168 valence electrons. The van der Waals surface area contributed by atoms with Crippen molar-refractivity contribution in [2.45, 2.75) is 43.7 Å². The number of rotatable bonds is 4. The first-order valence-corrected chi connectivity index (χ1v) is 11.2. The SMILES string of the molecule is CC1CC(C#N)C=NC1(C)[C@H](C)NC(=O)CN1C(=O)Nc2ccc(F)c(C#N)c2S1(=O)=O. The van der Waals surface area contributed by atoms with Crippen molar-refractivity contribution in [2.75, 3.05) is 11.9 Å². The van der Waals surface area contributed by atoms with Crippen LogP contribution in [0.15, 0.2) is 22.0 Å². The minimum Gasteiger partial charge on any atom is -0.350 e. The molecule has 2 aliphatic rings. The summed E-state index contributed by atoms with van der Waals surface area (Å²) in [5.74, 6) is -2.21. The van der Waals surface area contributed by atoms with E-state index in [-0.39, 0.29) is 21.8 Å². The fraction of sp³-hybridized carbons (Fsp3) is 0.450. The molecule has 0 aromatic heterocycles. The summed E-state index contributed by atoms with van der Waals surface area (Å²) in [4.78, 5) is 28.8. The molecule has 4 atom stereocenters. The lowest BCUT2D eigenvalue weighted by molar-refractivity contribution is -0.122. The topological polar surface area (TPSA) is 156 Å². The van der Waals surface area contributed by atoms with E-state index in [1.54, 1.807) is 13.1 Å². The van der Waals surface area contributed by atoms with Gasteiger partial charge in [-0.1, -0.05) is 6.92 Å². The number of aliphatic imine (C=N–C) groups is 1. The van der Waals surface area contributed by atoms with Gasteiger partial charge in [0.05, 0.1) is 29.3 Å². The van der Waals surface area contributed by atoms with Gasteiger partial charge >= 0.3 is 6.03 Å². The predicted molar refractivity (Wildman–Crippen MR) is 111 cm³/mol. The van der Waals surface area contributed by atoms with E-state index in [9.17, 15) is 27.7 Å². The van der Waals surface area contributed by atoms with Crippen molar-refractivity contribution in [3.05, 3.63) is 23.5 Å². The van der Waals surface area contributed by atoms with Crippen molar-refractivity contribution in [2.24, 2.45) is 16.8 Å². The fourth-order valence-corrected chi connectivity index (χ4v) is 5.40. The Hall–Kier alpha value is -3.51. The largest absolute Gasteiger partial charge is 0.350 e. The van der Waals surface area contributed by atoms with Crippen molar-refractivity contribution >= 4 is 33.9 Å². The summed E-state index contributed by atoms with van der Waals surface area (Å²) in [6.07, 6.45) is 2.10. The first-order chi connectivity index (χ1) is 14.9. The number of sulfonamides is 1. The van der Waals surface area contributed by atoms with E-state index in [1.165, 1.54) is 6.07 Å². The Balaban J connectivity index is 1.83. The molecule has 0 spiro atoms. The highest BCUT2D eigenvalue weighted by atomic mass is 32.2. The normalized spacial score (nSPS) is 26.8. The van der Waals surface area contributed by atoms with Crippen LogP contribution in [-0.4, -0.2) is 49.0 Å². The minimum atomic E-state index is -4.66. The number of anilines is 1. The van der Waals surface area contributed by atoms with E-state index in [0.717, 1.165) is 12.1 Å². The third-order valence-electron chi connectivity index (χ3n) is 6.08. The summed E-state index contributed by atoms with van der Waals surface area (Å²) in [6.45, 7) is 4.55. The van der Waals surface area contributed by atoms with E-state index >= 15 is 0 Å². The maximum absolute atomic E-state index is 14.0. The molecule has 1 aromatic rings. The van der Waals surface area contributed by atoms with Gasteiger partial charge < -0.3 is 10.6 Å². The van der Waals surface area contributed by atoms with Gasteiger partial charge in [0, 0.05) is 6.21 Å². The summed E-state index contributed by atoms with van der Waals surface area (Å²) in [7, 11) is -4.66. The summed E-state index contributed by atoms with van der Waals surface area (Å²) >= 11 is 0. The van der Waals surface area contributed by atoms with Crippen LogP contribution in [0.2, 0.25) is 0 Å². The number of carbonyl (C=O) groups is 2. The van der Waals surface area contributed by atoms with Crippen LogP contribution in [0.4, 0.5) is 14.9 Å². The number of halogens is 1. The first kappa shape index (κ1) is 23.2. The Morgan fingerprint density at radius 1 is 1.47 bits per heavy atom. The second-order valence-electron chi connectivity index (χ2n) is 8.02. The zero-order valence-corrected chi connectivity index (χ0v) is 18.4. The van der Waals surface area contributed by atoms with Crippen LogP contribution < -0.4 is 10.6 Å². The lowest BCUT2D eigenvalue weighted by Gasteiger charge is -2.41. The third-order valence-corrected chi connectivity index (χ3v) is 7.90. The van der Waals surface area contributed by atoms with Gasteiger partial charge in [0.15, 0.2) is 0 Å². The summed E-state index contributed by atoms with van der Waals surface area (Å²) in [6, 6.07) is 3.90. The lowest BCUT2D eigenvalue weighted by atomic mass is 9.75. The van der Waals surface area contributed by atoms with Gasteiger partial charge in [-0.25, -0.2) is 21.9 Å². The van der Waals surface area contributed by atoms with Crippen LogP contribution in [0.5, 0.6) is 0 Å². The number of nitriles is 2. The zero-order valence-electron chi connectivity index (χ0n) is 17.6. The molecule has 32 heavy (non-hydrogen) atoms. The summed E-state index contributed by atoms with van der Waals surface area (Å²) in [5.41, 5.74) is -1.72. The molecule has 0 aliphatic carbocycles. The molecule has 0 saturated heterocycles. The van der Waals surface area contributed by atoms with Crippen molar-refractivity contribution < 1.29 is 22.4 Å². The van der Waals surface area contributed by atoms with Crippen LogP contribution in [0.25, 0.3) is 0 Å². The first-order valence-electron chi connectivity index (χ1n) is 9.76. The zero-order chi connectivity index (χ0) is 23.8. The van der Waals surface area contributed by atoms with Crippen LogP contribution >= 0.6 is 0 Å². The highest BCUT2D eigenvalue weighted by molar-refractivity contribution is 7.90. The van der Waals surface area contributed by atoms with E-state index in [1.807, 2.05) is 13.8 Å². The number of urea groups is 1. The second kappa shape index (κ2) is 8.20. The fourth-order valence-electron chi connectivity index (χ4n) is 3.83. The van der Waals surface area contributed by atoms with Gasteiger partial charge in [-0.2, -0.15) is 10.5 Å². The van der Waals surface area contributed by atoms with E-state index in [0.29, 0.717) is 6.42 Å². The molecule has 2 heterocycles. The summed E-state index contributed by atoms with van der Waals surface area (Å²) < 4.78 is 40.2. The van der Waals surface area contributed by atoms with E-state index < -0.39 is 56.4 Å². The van der Waals surface area contributed by atoms with Gasteiger partial charge in [-0.15, -0.1) is 0 Å². The van der Waals surface area contributed by atoms with Crippen LogP contribution in [-0.2, 0) is 14.8 Å². The molecule has 3 unspecified atom stereocenters. The van der Waals surface area contributed by atoms with Gasteiger partial charge in [0.25, 0.3) is 10.0 Å². The number of nitrogens with one attached hydrogen (secondary N) is 2. The third kappa shape index (κ3) is 3.78.